The summed E-state index contributed by atoms with van der Waals surface area (Å²) in [6, 6.07) is 11.9. The van der Waals surface area contributed by atoms with E-state index in [9.17, 15) is 14.9 Å². The molecule has 0 fully saturated rings. The van der Waals surface area contributed by atoms with E-state index in [4.69, 9.17) is 0 Å². The second kappa shape index (κ2) is 6.60. The van der Waals surface area contributed by atoms with Crippen molar-refractivity contribution in [2.24, 2.45) is 0 Å². The van der Waals surface area contributed by atoms with Gasteiger partial charge in [0.15, 0.2) is 0 Å². The number of nitrogens with zero attached hydrogens (tertiary/aromatic N) is 2. The van der Waals surface area contributed by atoms with E-state index in [-0.39, 0.29) is 17.2 Å². The Morgan fingerprint density at radius 2 is 2.04 bits per heavy atom. The summed E-state index contributed by atoms with van der Waals surface area (Å²) in [6.45, 7) is 2.94. The quantitative estimate of drug-likeness (QED) is 0.374. The van der Waals surface area contributed by atoms with Crippen molar-refractivity contribution in [3.8, 4) is 0 Å². The molecule has 3 rings (SSSR count). The van der Waals surface area contributed by atoms with Crippen LogP contribution in [0.25, 0.3) is 10.9 Å². The molecule has 0 saturated heterocycles. The Morgan fingerprint density at radius 3 is 2.75 bits per heavy atom. The van der Waals surface area contributed by atoms with Crippen molar-refractivity contribution >= 4 is 50.8 Å². The van der Waals surface area contributed by atoms with Crippen LogP contribution in [0.1, 0.15) is 17.3 Å². The van der Waals surface area contributed by atoms with Gasteiger partial charge in [0.2, 0.25) is 0 Å². The van der Waals surface area contributed by atoms with Gasteiger partial charge in [-0.1, -0.05) is 0 Å². The molecule has 1 amide bonds. The van der Waals surface area contributed by atoms with Gasteiger partial charge in [0.1, 0.15) is 0 Å². The number of halogens is 1. The molecule has 1 heterocycles. The Labute approximate surface area is 151 Å². The molecular weight excluding hydrogens is 421 g/mol. The first-order valence-electron chi connectivity index (χ1n) is 7.34. The van der Waals surface area contributed by atoms with Crippen LogP contribution in [-0.4, -0.2) is 15.4 Å². The van der Waals surface area contributed by atoms with Crippen molar-refractivity contribution in [1.82, 2.24) is 4.57 Å². The van der Waals surface area contributed by atoms with E-state index in [1.165, 1.54) is 12.1 Å². The summed E-state index contributed by atoms with van der Waals surface area (Å²) in [5.41, 5.74) is 1.94. The van der Waals surface area contributed by atoms with Crippen LogP contribution < -0.4 is 5.32 Å². The molecule has 0 atom stereocenters. The maximum Gasteiger partial charge on any atom is 0.270 e. The van der Waals surface area contributed by atoms with E-state index in [2.05, 4.69) is 16.8 Å². The molecule has 2 aromatic carbocycles. The number of hydrogen-bond donors (Lipinski definition) is 1. The number of anilines is 1. The van der Waals surface area contributed by atoms with Crippen LogP contribution in [0.3, 0.4) is 0 Å². The number of benzene rings is 2. The van der Waals surface area contributed by atoms with Crippen molar-refractivity contribution in [3.63, 3.8) is 0 Å². The van der Waals surface area contributed by atoms with Gasteiger partial charge < -0.3 is 9.88 Å². The Balaban J connectivity index is 1.89. The summed E-state index contributed by atoms with van der Waals surface area (Å²) >= 11 is 1.99. The normalized spacial score (nSPS) is 10.8. The van der Waals surface area contributed by atoms with E-state index in [1.54, 1.807) is 6.07 Å². The first-order valence-corrected chi connectivity index (χ1v) is 8.41. The highest BCUT2D eigenvalue weighted by molar-refractivity contribution is 14.1. The number of fused-ring (bicyclic) bond motifs is 1. The number of nitro groups is 1. The van der Waals surface area contributed by atoms with Gasteiger partial charge in [-0.15, -0.1) is 0 Å². The number of nitro benzene ring substituents is 1. The number of carbonyl (C=O) groups excluding carboxylic acids is 1. The maximum atomic E-state index is 12.5. The number of hydrogen-bond acceptors (Lipinski definition) is 3. The predicted octanol–water partition coefficient (Wildman–Crippen LogP) is 4.43. The fraction of sp³-hybridized carbons (Fsp3) is 0.118. The van der Waals surface area contributed by atoms with Gasteiger partial charge in [0.05, 0.1) is 10.5 Å². The molecule has 1 aromatic heterocycles. The Bertz CT molecular complexity index is 949. The lowest BCUT2D eigenvalue weighted by molar-refractivity contribution is -0.384. The summed E-state index contributed by atoms with van der Waals surface area (Å²) in [5, 5.41) is 14.7. The molecule has 0 saturated carbocycles. The number of aryl methyl sites for hydroxylation is 1. The van der Waals surface area contributed by atoms with Gasteiger partial charge in [-0.3, -0.25) is 14.9 Å². The van der Waals surface area contributed by atoms with Gasteiger partial charge in [-0.25, -0.2) is 0 Å². The summed E-state index contributed by atoms with van der Waals surface area (Å²) < 4.78 is 2.78. The van der Waals surface area contributed by atoms with Crippen molar-refractivity contribution in [3.05, 3.63) is 67.9 Å². The molecule has 3 aromatic rings. The molecule has 0 aliphatic heterocycles. The zero-order chi connectivity index (χ0) is 17.3. The van der Waals surface area contributed by atoms with Crippen LogP contribution in [-0.2, 0) is 6.54 Å². The van der Waals surface area contributed by atoms with Gasteiger partial charge in [0.25, 0.3) is 11.6 Å². The molecule has 0 aliphatic rings. The molecule has 122 valence electrons. The zero-order valence-corrected chi connectivity index (χ0v) is 15.0. The number of nitrogens with one attached hydrogen (secondary N) is 1. The minimum atomic E-state index is -0.508. The molecule has 0 bridgehead atoms. The Hall–Kier alpha value is -2.42. The lowest BCUT2D eigenvalue weighted by atomic mass is 10.1. The Kier molecular flexibility index (Phi) is 4.52. The standard InChI is InChI=1S/C17H14IN3O3/c1-2-20-8-7-11-9-12(3-6-16(11)20)19-17(22)14-10-13(21(23)24)4-5-15(14)18/h3-10H,2H2,1H3,(H,19,22). The summed E-state index contributed by atoms with van der Waals surface area (Å²) in [4.78, 5) is 22.8. The molecular formula is C17H14IN3O3. The number of aromatic nitrogens is 1. The SMILES string of the molecule is CCn1ccc2cc(NC(=O)c3cc([N+](=O)[O-])ccc3I)ccc21. The van der Waals surface area contributed by atoms with Crippen molar-refractivity contribution in [1.29, 1.82) is 0 Å². The van der Waals surface area contributed by atoms with Crippen LogP contribution in [0, 0.1) is 13.7 Å². The average Bonchev–Trinajstić information content (AvgIpc) is 2.97. The van der Waals surface area contributed by atoms with E-state index in [1.807, 2.05) is 53.1 Å². The highest BCUT2D eigenvalue weighted by atomic mass is 127. The van der Waals surface area contributed by atoms with Crippen LogP contribution in [0.15, 0.2) is 48.7 Å². The molecule has 0 unspecified atom stereocenters. The van der Waals surface area contributed by atoms with Crippen LogP contribution >= 0.6 is 22.6 Å². The molecule has 7 heteroatoms. The molecule has 0 aliphatic carbocycles. The third-order valence-electron chi connectivity index (χ3n) is 3.77. The number of non-ortho nitro benzene ring substituents is 1. The fourth-order valence-electron chi connectivity index (χ4n) is 2.55. The highest BCUT2D eigenvalue weighted by Crippen LogP contribution is 2.23. The van der Waals surface area contributed by atoms with Crippen molar-refractivity contribution in [2.75, 3.05) is 5.32 Å². The van der Waals surface area contributed by atoms with Gasteiger partial charge in [0, 0.05) is 45.0 Å². The molecule has 1 N–H and O–H groups in total. The topological polar surface area (TPSA) is 77.2 Å². The highest BCUT2D eigenvalue weighted by Gasteiger charge is 2.16. The number of rotatable bonds is 4. The van der Waals surface area contributed by atoms with E-state index in [0.29, 0.717) is 9.26 Å². The van der Waals surface area contributed by atoms with Crippen molar-refractivity contribution in [2.45, 2.75) is 13.5 Å². The van der Waals surface area contributed by atoms with E-state index >= 15 is 0 Å². The lowest BCUT2D eigenvalue weighted by Crippen LogP contribution is -2.13. The average molecular weight is 435 g/mol. The minimum Gasteiger partial charge on any atom is -0.348 e. The predicted molar refractivity (Wildman–Crippen MR) is 101 cm³/mol. The van der Waals surface area contributed by atoms with Crippen LogP contribution in [0.2, 0.25) is 0 Å². The second-order valence-electron chi connectivity index (χ2n) is 5.25. The van der Waals surface area contributed by atoms with E-state index in [0.717, 1.165) is 17.4 Å². The van der Waals surface area contributed by atoms with Crippen molar-refractivity contribution < 1.29 is 9.72 Å². The Morgan fingerprint density at radius 1 is 1.25 bits per heavy atom. The third-order valence-corrected chi connectivity index (χ3v) is 4.72. The van der Waals surface area contributed by atoms with Crippen LogP contribution in [0.5, 0.6) is 0 Å². The number of carbonyl (C=O) groups is 1. The molecule has 24 heavy (non-hydrogen) atoms. The monoisotopic (exact) mass is 435 g/mol. The molecule has 0 radical (unpaired) electrons. The summed E-state index contributed by atoms with van der Waals surface area (Å²) in [5.74, 6) is -0.364. The van der Waals surface area contributed by atoms with Gasteiger partial charge in [-0.05, 0) is 59.8 Å². The summed E-state index contributed by atoms with van der Waals surface area (Å²) in [6.07, 6.45) is 2.00. The van der Waals surface area contributed by atoms with E-state index < -0.39 is 4.92 Å². The van der Waals surface area contributed by atoms with Gasteiger partial charge >= 0.3 is 0 Å². The number of amides is 1. The van der Waals surface area contributed by atoms with Gasteiger partial charge in [-0.2, -0.15) is 0 Å². The summed E-state index contributed by atoms with van der Waals surface area (Å²) in [7, 11) is 0. The maximum absolute atomic E-state index is 12.5. The first kappa shape index (κ1) is 16.4. The smallest absolute Gasteiger partial charge is 0.270 e. The van der Waals surface area contributed by atoms with Crippen LogP contribution in [0.4, 0.5) is 11.4 Å². The largest absolute Gasteiger partial charge is 0.348 e. The first-order chi connectivity index (χ1) is 11.5. The second-order valence-corrected chi connectivity index (χ2v) is 6.41. The molecule has 0 spiro atoms. The minimum absolute atomic E-state index is 0.101. The fourth-order valence-corrected chi connectivity index (χ4v) is 3.13. The lowest BCUT2D eigenvalue weighted by Gasteiger charge is -2.08. The zero-order valence-electron chi connectivity index (χ0n) is 12.8. The molecule has 6 nitrogen and oxygen atoms in total. The third kappa shape index (κ3) is 3.12.